The summed E-state index contributed by atoms with van der Waals surface area (Å²) in [7, 11) is 0. The zero-order valence-electron chi connectivity index (χ0n) is 33.1. The molecule has 0 saturated carbocycles. The first-order valence-corrected chi connectivity index (χ1v) is 17.4. The minimum absolute atomic E-state index is 0.0945. The average molecular weight is 723 g/mol. The molecule has 0 fully saturated rings. The Morgan fingerprint density at radius 2 is 1.02 bits per heavy atom. The molecule has 1 aromatic heterocycles. The van der Waals surface area contributed by atoms with E-state index in [1.807, 2.05) is 0 Å². The minimum Gasteiger partial charge on any atom is -0.465 e. The Labute approximate surface area is 304 Å². The molecular formula is C37H62N4O10. The minimum atomic E-state index is -1.08. The molecule has 0 amide bonds. The van der Waals surface area contributed by atoms with Crippen molar-refractivity contribution < 1.29 is 47.7 Å². The van der Waals surface area contributed by atoms with Gasteiger partial charge >= 0.3 is 29.8 Å². The summed E-state index contributed by atoms with van der Waals surface area (Å²) in [4.78, 5) is 74.8. The molecule has 290 valence electrons. The van der Waals surface area contributed by atoms with Crippen LogP contribution in [-0.4, -0.2) is 131 Å². The summed E-state index contributed by atoms with van der Waals surface area (Å²) < 4.78 is 27.7. The smallest absolute Gasteiger partial charge is 0.330 e. The lowest BCUT2D eigenvalue weighted by molar-refractivity contribution is -0.166. The van der Waals surface area contributed by atoms with Gasteiger partial charge in [-0.2, -0.15) is 0 Å². The van der Waals surface area contributed by atoms with Crippen molar-refractivity contribution in [3.05, 3.63) is 30.1 Å². The van der Waals surface area contributed by atoms with Crippen molar-refractivity contribution >= 4 is 29.8 Å². The second-order valence-electron chi connectivity index (χ2n) is 16.2. The van der Waals surface area contributed by atoms with Crippen molar-refractivity contribution in [1.82, 2.24) is 19.7 Å². The molecular weight excluding hydrogens is 660 g/mol. The monoisotopic (exact) mass is 722 g/mol. The molecule has 1 atom stereocenters. The van der Waals surface area contributed by atoms with E-state index in [9.17, 15) is 24.0 Å². The molecule has 0 saturated heterocycles. The first-order chi connectivity index (χ1) is 23.3. The van der Waals surface area contributed by atoms with Crippen LogP contribution in [0.4, 0.5) is 0 Å². The lowest BCUT2D eigenvalue weighted by Crippen LogP contribution is -2.48. The molecule has 14 nitrogen and oxygen atoms in total. The predicted molar refractivity (Wildman–Crippen MR) is 191 cm³/mol. The van der Waals surface area contributed by atoms with Gasteiger partial charge in [0, 0.05) is 32.4 Å². The molecule has 1 aromatic rings. The zero-order valence-corrected chi connectivity index (χ0v) is 33.1. The van der Waals surface area contributed by atoms with Gasteiger partial charge in [-0.1, -0.05) is 6.07 Å². The molecule has 14 heteroatoms. The van der Waals surface area contributed by atoms with E-state index in [2.05, 4.69) is 4.98 Å². The van der Waals surface area contributed by atoms with E-state index in [1.54, 1.807) is 129 Å². The van der Waals surface area contributed by atoms with Crippen molar-refractivity contribution in [2.45, 2.75) is 118 Å². The van der Waals surface area contributed by atoms with Gasteiger partial charge in [0.05, 0.1) is 38.5 Å². The van der Waals surface area contributed by atoms with Gasteiger partial charge in [-0.05, 0) is 102 Å². The number of hydrogen-bond donors (Lipinski definition) is 0. The number of rotatable bonds is 18. The predicted octanol–water partition coefficient (Wildman–Crippen LogP) is 3.96. The topological polar surface area (TPSA) is 154 Å². The third kappa shape index (κ3) is 21.4. The Hall–Kier alpha value is -3.62. The molecule has 0 bridgehead atoms. The Bertz CT molecular complexity index is 1250. The Kier molecular flexibility index (Phi) is 17.7. The van der Waals surface area contributed by atoms with Crippen molar-refractivity contribution in [2.24, 2.45) is 0 Å². The lowest BCUT2D eigenvalue weighted by Gasteiger charge is -2.34. The summed E-state index contributed by atoms with van der Waals surface area (Å²) in [5.74, 6) is -2.72. The Morgan fingerprint density at radius 3 is 1.45 bits per heavy atom. The Balaban J connectivity index is 3.47. The maximum absolute atomic E-state index is 13.8. The summed E-state index contributed by atoms with van der Waals surface area (Å²) >= 11 is 0. The maximum atomic E-state index is 13.8. The molecule has 0 aliphatic carbocycles. The van der Waals surface area contributed by atoms with Crippen LogP contribution in [-0.2, 0) is 47.7 Å². The van der Waals surface area contributed by atoms with E-state index in [4.69, 9.17) is 23.7 Å². The van der Waals surface area contributed by atoms with Gasteiger partial charge in [-0.25, -0.2) is 4.79 Å². The van der Waals surface area contributed by atoms with E-state index in [0.29, 0.717) is 5.69 Å². The van der Waals surface area contributed by atoms with Crippen LogP contribution in [0.2, 0.25) is 0 Å². The first-order valence-electron chi connectivity index (χ1n) is 17.4. The molecule has 0 aliphatic rings. The van der Waals surface area contributed by atoms with Gasteiger partial charge in [0.25, 0.3) is 0 Å². The molecule has 0 radical (unpaired) electrons. The van der Waals surface area contributed by atoms with Crippen molar-refractivity contribution in [3.63, 3.8) is 0 Å². The van der Waals surface area contributed by atoms with Gasteiger partial charge in [0.15, 0.2) is 6.04 Å². The third-order valence-corrected chi connectivity index (χ3v) is 6.35. The van der Waals surface area contributed by atoms with Crippen LogP contribution < -0.4 is 0 Å². The van der Waals surface area contributed by atoms with Gasteiger partial charge < -0.3 is 23.7 Å². The van der Waals surface area contributed by atoms with Crippen LogP contribution >= 0.6 is 0 Å². The second-order valence-corrected chi connectivity index (χ2v) is 16.2. The molecule has 1 rings (SSSR count). The van der Waals surface area contributed by atoms with Crippen LogP contribution in [0, 0.1) is 0 Å². The summed E-state index contributed by atoms with van der Waals surface area (Å²) in [5.41, 5.74) is -2.71. The summed E-state index contributed by atoms with van der Waals surface area (Å²) in [5, 5.41) is 0. The number of pyridine rings is 1. The van der Waals surface area contributed by atoms with E-state index in [0.717, 1.165) is 0 Å². The maximum Gasteiger partial charge on any atom is 0.330 e. The fraction of sp³-hybridized carbons (Fsp3) is 0.730. The largest absolute Gasteiger partial charge is 0.465 e. The molecule has 0 aromatic carbocycles. The number of hydrogen-bond acceptors (Lipinski definition) is 14. The highest BCUT2D eigenvalue weighted by Gasteiger charge is 2.35. The highest BCUT2D eigenvalue weighted by atomic mass is 16.6. The fourth-order valence-corrected chi connectivity index (χ4v) is 4.73. The molecule has 0 spiro atoms. The Morgan fingerprint density at radius 1 is 0.588 bits per heavy atom. The number of ether oxygens (including phenoxy) is 5. The molecule has 51 heavy (non-hydrogen) atoms. The normalized spacial score (nSPS) is 13.2. The van der Waals surface area contributed by atoms with Crippen molar-refractivity contribution in [1.29, 1.82) is 0 Å². The first kappa shape index (κ1) is 45.4. The highest BCUT2D eigenvalue weighted by Crippen LogP contribution is 2.24. The molecule has 1 heterocycles. The van der Waals surface area contributed by atoms with Gasteiger partial charge in [0.1, 0.15) is 22.4 Å². The van der Waals surface area contributed by atoms with Crippen LogP contribution in [0.15, 0.2) is 24.4 Å². The van der Waals surface area contributed by atoms with E-state index in [1.165, 1.54) is 0 Å². The SMILES string of the molecule is CCOC(=O)CN(CCN(CC(=O)OC(C)(C)C)CC(=O)OC(C)(C)C)CCN(CC(=O)OC(C)(C)C)C(C(=O)OC(C)(C)C)c1ccccn1. The van der Waals surface area contributed by atoms with Crippen LogP contribution in [0.25, 0.3) is 0 Å². The number of carbonyl (C=O) groups excluding carboxylic acids is 5. The number of carbonyl (C=O) groups is 5. The summed E-state index contributed by atoms with van der Waals surface area (Å²) in [6, 6.07) is 4.05. The van der Waals surface area contributed by atoms with Crippen molar-refractivity contribution in [3.8, 4) is 0 Å². The number of esters is 5. The summed E-state index contributed by atoms with van der Waals surface area (Å²) in [6.07, 6.45) is 1.55. The molecule has 0 N–H and O–H groups in total. The van der Waals surface area contributed by atoms with Crippen molar-refractivity contribution in [2.75, 3.05) is 59.0 Å². The number of aromatic nitrogens is 1. The quantitative estimate of drug-likeness (QED) is 0.159. The number of nitrogens with zero attached hydrogens (tertiary/aromatic N) is 4. The van der Waals surface area contributed by atoms with Crippen LogP contribution in [0.1, 0.15) is 102 Å². The average Bonchev–Trinajstić information content (AvgIpc) is 2.90. The van der Waals surface area contributed by atoms with E-state index >= 15 is 0 Å². The van der Waals surface area contributed by atoms with Crippen LogP contribution in [0.5, 0.6) is 0 Å². The van der Waals surface area contributed by atoms with E-state index in [-0.39, 0.29) is 59.0 Å². The van der Waals surface area contributed by atoms with Gasteiger partial charge in [-0.15, -0.1) is 0 Å². The third-order valence-electron chi connectivity index (χ3n) is 6.35. The summed E-state index contributed by atoms with van der Waals surface area (Å²) in [6.45, 7) is 22.7. The van der Waals surface area contributed by atoms with Crippen LogP contribution in [0.3, 0.4) is 0 Å². The van der Waals surface area contributed by atoms with Gasteiger partial charge in [0.2, 0.25) is 0 Å². The highest BCUT2D eigenvalue weighted by molar-refractivity contribution is 5.79. The standard InChI is InChI=1S/C37H62N4O10/c1-14-47-28(42)23-39(19-20-40(24-29(43)48-34(2,3)4)25-30(44)49-35(5,6)7)21-22-41(26-31(45)50-36(8,9)10)32(27-17-15-16-18-38-27)33(46)51-37(11,12)13/h15-18,32H,14,19-26H2,1-13H3. The second kappa shape index (κ2) is 19.8. The lowest BCUT2D eigenvalue weighted by atomic mass is 10.1. The molecule has 0 aliphatic heterocycles. The zero-order chi connectivity index (χ0) is 39.2. The fourth-order valence-electron chi connectivity index (χ4n) is 4.73. The molecule has 1 unspecified atom stereocenters. The van der Waals surface area contributed by atoms with E-state index < -0.39 is 58.3 Å². The van der Waals surface area contributed by atoms with Gasteiger partial charge in [-0.3, -0.25) is 38.9 Å².